The van der Waals surface area contributed by atoms with E-state index in [1.54, 1.807) is 36.4 Å². The number of amides is 3. The lowest BCUT2D eigenvalue weighted by Crippen LogP contribution is -2.51. The molecule has 194 valence electrons. The summed E-state index contributed by atoms with van der Waals surface area (Å²) in [7, 11) is -1.74. The van der Waals surface area contributed by atoms with E-state index in [1.165, 1.54) is 0 Å². The number of anilines is 1. The van der Waals surface area contributed by atoms with Gasteiger partial charge in [-0.3, -0.25) is 9.59 Å². The summed E-state index contributed by atoms with van der Waals surface area (Å²) in [5.74, 6) is -2.43. The Hall–Kier alpha value is -3.17. The SMILES string of the molecule is CCCCc1ccc(C(=O)C[C@@H](CNC(=O)Nc2ccccc2)C(=O)N[C@@H](CC(C)C)B(O)O)cc1. The average molecular weight is 495 g/mol. The molecule has 0 unspecified atom stereocenters. The standard InChI is InChI=1S/C27H38BN3O5/c1-4-5-9-20-12-14-21(15-13-20)24(32)17-22(26(33)31-25(28(35)36)16-19(2)3)18-29-27(34)30-23-10-7-6-8-11-23/h6-8,10-15,19,22,25,35-36H,4-5,9,16-18H2,1-3H3,(H,31,33)(H2,29,30,34)/t22-,25-/m0/s1. The first kappa shape index (κ1) is 29.1. The maximum Gasteiger partial charge on any atom is 0.475 e. The van der Waals surface area contributed by atoms with Gasteiger partial charge in [0.2, 0.25) is 5.91 Å². The number of para-hydroxylation sites is 1. The number of urea groups is 1. The van der Waals surface area contributed by atoms with Gasteiger partial charge in [-0.1, -0.05) is 69.7 Å². The normalized spacial score (nSPS) is 12.5. The van der Waals surface area contributed by atoms with Crippen LogP contribution in [0.2, 0.25) is 0 Å². The maximum atomic E-state index is 13.1. The molecule has 3 amide bonds. The van der Waals surface area contributed by atoms with Crippen LogP contribution in [0.25, 0.3) is 0 Å². The number of rotatable bonds is 14. The van der Waals surface area contributed by atoms with Gasteiger partial charge in [0.1, 0.15) is 0 Å². The van der Waals surface area contributed by atoms with Crippen molar-refractivity contribution >= 4 is 30.5 Å². The van der Waals surface area contributed by atoms with Crippen molar-refractivity contribution in [1.29, 1.82) is 0 Å². The first-order chi connectivity index (χ1) is 17.2. The molecule has 0 aliphatic rings. The van der Waals surface area contributed by atoms with Gasteiger partial charge in [-0.2, -0.15) is 0 Å². The van der Waals surface area contributed by atoms with E-state index in [9.17, 15) is 24.4 Å². The number of hydrogen-bond donors (Lipinski definition) is 5. The van der Waals surface area contributed by atoms with Crippen LogP contribution in [0.1, 0.15) is 62.4 Å². The summed E-state index contributed by atoms with van der Waals surface area (Å²) in [6, 6.07) is 15.7. The maximum absolute atomic E-state index is 13.1. The summed E-state index contributed by atoms with van der Waals surface area (Å²) in [6.45, 7) is 5.84. The molecule has 5 N–H and O–H groups in total. The molecule has 0 aliphatic heterocycles. The van der Waals surface area contributed by atoms with E-state index in [2.05, 4.69) is 22.9 Å². The topological polar surface area (TPSA) is 128 Å². The van der Waals surface area contributed by atoms with Gasteiger partial charge in [-0.25, -0.2) is 4.79 Å². The third kappa shape index (κ3) is 10.2. The number of Topliss-reactive ketones (excluding diaryl/α,β-unsaturated/α-hetero) is 1. The number of carbonyl (C=O) groups is 3. The second kappa shape index (κ2) is 15.1. The number of carbonyl (C=O) groups excluding carboxylic acids is 3. The summed E-state index contributed by atoms with van der Waals surface area (Å²) in [4.78, 5) is 38.5. The minimum atomic E-state index is -1.74. The van der Waals surface area contributed by atoms with Gasteiger partial charge in [0.05, 0.1) is 11.9 Å². The van der Waals surface area contributed by atoms with Crippen LogP contribution in [0, 0.1) is 11.8 Å². The zero-order valence-corrected chi connectivity index (χ0v) is 21.4. The third-order valence-electron chi connectivity index (χ3n) is 5.85. The summed E-state index contributed by atoms with van der Waals surface area (Å²) in [5.41, 5.74) is 2.23. The van der Waals surface area contributed by atoms with E-state index in [4.69, 9.17) is 0 Å². The molecule has 8 nitrogen and oxygen atoms in total. The van der Waals surface area contributed by atoms with Gasteiger partial charge < -0.3 is 26.0 Å². The van der Waals surface area contributed by atoms with Crippen LogP contribution in [0.15, 0.2) is 54.6 Å². The minimum Gasteiger partial charge on any atom is -0.426 e. The predicted octanol–water partition coefficient (Wildman–Crippen LogP) is 3.58. The number of hydrogen-bond acceptors (Lipinski definition) is 5. The van der Waals surface area contributed by atoms with Crippen molar-refractivity contribution in [3.63, 3.8) is 0 Å². The average Bonchev–Trinajstić information content (AvgIpc) is 2.85. The lowest BCUT2D eigenvalue weighted by atomic mass is 9.74. The highest BCUT2D eigenvalue weighted by Gasteiger charge is 2.30. The Kier molecular flexibility index (Phi) is 12.2. The fourth-order valence-corrected chi connectivity index (χ4v) is 3.81. The van der Waals surface area contributed by atoms with E-state index in [1.807, 2.05) is 32.0 Å². The summed E-state index contributed by atoms with van der Waals surface area (Å²) < 4.78 is 0. The Labute approximate surface area is 214 Å². The summed E-state index contributed by atoms with van der Waals surface area (Å²) in [5, 5.41) is 27.4. The van der Waals surface area contributed by atoms with Crippen LogP contribution in [-0.4, -0.2) is 47.4 Å². The highest BCUT2D eigenvalue weighted by Crippen LogP contribution is 2.15. The monoisotopic (exact) mass is 495 g/mol. The van der Waals surface area contributed by atoms with Gasteiger partial charge in [-0.05, 0) is 42.9 Å². The zero-order valence-electron chi connectivity index (χ0n) is 21.4. The molecule has 0 saturated carbocycles. The zero-order chi connectivity index (χ0) is 26.5. The van der Waals surface area contributed by atoms with Gasteiger partial charge in [-0.15, -0.1) is 0 Å². The Morgan fingerprint density at radius 3 is 2.22 bits per heavy atom. The molecule has 0 radical (unpaired) electrons. The second-order valence-electron chi connectivity index (χ2n) is 9.48. The Morgan fingerprint density at radius 1 is 0.972 bits per heavy atom. The van der Waals surface area contributed by atoms with Crippen molar-refractivity contribution in [1.82, 2.24) is 10.6 Å². The van der Waals surface area contributed by atoms with Crippen LogP contribution in [-0.2, 0) is 11.2 Å². The Balaban J connectivity index is 2.10. The molecular weight excluding hydrogens is 457 g/mol. The molecule has 2 atom stereocenters. The van der Waals surface area contributed by atoms with Crippen molar-refractivity contribution in [3.8, 4) is 0 Å². The van der Waals surface area contributed by atoms with Crippen molar-refractivity contribution in [3.05, 3.63) is 65.7 Å². The number of ketones is 1. The third-order valence-corrected chi connectivity index (χ3v) is 5.85. The van der Waals surface area contributed by atoms with Crippen LogP contribution in [0.3, 0.4) is 0 Å². The van der Waals surface area contributed by atoms with E-state index < -0.39 is 30.9 Å². The number of unbranched alkanes of at least 4 members (excludes halogenated alkanes) is 1. The minimum absolute atomic E-state index is 0.0965. The van der Waals surface area contributed by atoms with Gasteiger partial charge in [0.15, 0.2) is 5.78 Å². The molecule has 0 bridgehead atoms. The van der Waals surface area contributed by atoms with Gasteiger partial charge >= 0.3 is 13.1 Å². The molecule has 0 spiro atoms. The van der Waals surface area contributed by atoms with E-state index in [-0.39, 0.29) is 24.7 Å². The summed E-state index contributed by atoms with van der Waals surface area (Å²) >= 11 is 0. The predicted molar refractivity (Wildman–Crippen MR) is 143 cm³/mol. The molecule has 2 aromatic carbocycles. The first-order valence-corrected chi connectivity index (χ1v) is 12.6. The van der Waals surface area contributed by atoms with Crippen molar-refractivity contribution in [2.75, 3.05) is 11.9 Å². The highest BCUT2D eigenvalue weighted by atomic mass is 16.4. The molecule has 36 heavy (non-hydrogen) atoms. The molecule has 2 rings (SSSR count). The first-order valence-electron chi connectivity index (χ1n) is 12.6. The van der Waals surface area contributed by atoms with Gasteiger partial charge in [0.25, 0.3) is 0 Å². The van der Waals surface area contributed by atoms with Crippen LogP contribution < -0.4 is 16.0 Å². The Morgan fingerprint density at radius 2 is 1.64 bits per heavy atom. The van der Waals surface area contributed by atoms with E-state index in [0.29, 0.717) is 17.7 Å². The largest absolute Gasteiger partial charge is 0.475 e. The molecule has 0 fully saturated rings. The lowest BCUT2D eigenvalue weighted by Gasteiger charge is -2.23. The van der Waals surface area contributed by atoms with Gasteiger partial charge in [0, 0.05) is 24.2 Å². The molecule has 0 saturated heterocycles. The second-order valence-corrected chi connectivity index (χ2v) is 9.48. The van der Waals surface area contributed by atoms with Crippen LogP contribution in [0.4, 0.5) is 10.5 Å². The number of nitrogens with one attached hydrogen (secondary N) is 3. The van der Waals surface area contributed by atoms with E-state index >= 15 is 0 Å². The fraction of sp³-hybridized carbons (Fsp3) is 0.444. The van der Waals surface area contributed by atoms with Crippen molar-refractivity contribution < 1.29 is 24.4 Å². The van der Waals surface area contributed by atoms with E-state index in [0.717, 1.165) is 24.8 Å². The fourth-order valence-electron chi connectivity index (χ4n) is 3.81. The molecule has 0 aliphatic carbocycles. The molecule has 0 heterocycles. The molecular formula is C27H38BN3O5. The van der Waals surface area contributed by atoms with Crippen LogP contribution in [0.5, 0.6) is 0 Å². The van der Waals surface area contributed by atoms with Crippen LogP contribution >= 0.6 is 0 Å². The number of aryl methyl sites for hydroxylation is 1. The quantitative estimate of drug-likeness (QED) is 0.202. The van der Waals surface area contributed by atoms with Crippen molar-refractivity contribution in [2.45, 2.75) is 58.8 Å². The molecule has 2 aromatic rings. The smallest absolute Gasteiger partial charge is 0.426 e. The molecule has 9 heteroatoms. The Bertz CT molecular complexity index is 967. The lowest BCUT2D eigenvalue weighted by molar-refractivity contribution is -0.125. The van der Waals surface area contributed by atoms with Crippen molar-refractivity contribution in [2.24, 2.45) is 11.8 Å². The highest BCUT2D eigenvalue weighted by molar-refractivity contribution is 6.43. The molecule has 0 aromatic heterocycles. The number of benzene rings is 2. The summed E-state index contributed by atoms with van der Waals surface area (Å²) in [6.07, 6.45) is 3.31.